The number of carbonyl (C=O) groups is 2. The van der Waals surface area contributed by atoms with Crippen LogP contribution in [0, 0.1) is 5.82 Å². The Balaban J connectivity index is 1.06. The number of rotatable bonds is 5. The van der Waals surface area contributed by atoms with Gasteiger partial charge in [-0.1, -0.05) is 12.1 Å². The molecule has 0 aliphatic carbocycles. The molecular weight excluding hydrogens is 562 g/mol. The van der Waals surface area contributed by atoms with Crippen LogP contribution in [0.2, 0.25) is 0 Å². The molecule has 3 aromatic carbocycles. The summed E-state index contributed by atoms with van der Waals surface area (Å²) in [5.41, 5.74) is 4.38. The van der Waals surface area contributed by atoms with Crippen molar-refractivity contribution < 1.29 is 27.2 Å². The zero-order chi connectivity index (χ0) is 30.1. The summed E-state index contributed by atoms with van der Waals surface area (Å²) in [6, 6.07) is 16.2. The Morgan fingerprint density at radius 1 is 0.930 bits per heavy atom. The van der Waals surface area contributed by atoms with E-state index < -0.39 is 11.7 Å². The minimum atomic E-state index is -4.35. The summed E-state index contributed by atoms with van der Waals surface area (Å²) in [4.78, 5) is 33.1. The summed E-state index contributed by atoms with van der Waals surface area (Å²) in [5.74, 6) is -0.549. The number of piperidine rings is 1. The monoisotopic (exact) mass is 593 g/mol. The van der Waals surface area contributed by atoms with Crippen molar-refractivity contribution in [2.24, 2.45) is 0 Å². The van der Waals surface area contributed by atoms with E-state index in [1.54, 1.807) is 11.0 Å². The summed E-state index contributed by atoms with van der Waals surface area (Å²) >= 11 is 0. The lowest BCUT2D eigenvalue weighted by Gasteiger charge is -2.32. The van der Waals surface area contributed by atoms with Crippen LogP contribution in [0.3, 0.4) is 0 Å². The molecule has 6 rings (SSSR count). The van der Waals surface area contributed by atoms with Crippen LogP contribution in [0.1, 0.15) is 45.6 Å². The predicted octanol–water partition coefficient (Wildman–Crippen LogP) is 6.31. The summed E-state index contributed by atoms with van der Waals surface area (Å²) in [7, 11) is 0. The molecule has 0 spiro atoms. The number of urea groups is 1. The van der Waals surface area contributed by atoms with Gasteiger partial charge in [0, 0.05) is 73.0 Å². The molecule has 3 N–H and O–H groups in total. The summed E-state index contributed by atoms with van der Waals surface area (Å²) in [6.07, 6.45) is -2.35. The van der Waals surface area contributed by atoms with E-state index in [2.05, 4.69) is 20.5 Å². The van der Waals surface area contributed by atoms with Crippen molar-refractivity contribution in [1.29, 1.82) is 0 Å². The van der Waals surface area contributed by atoms with Crippen LogP contribution in [0.25, 0.3) is 10.9 Å². The standard InChI is InChI=1S/C32H31F4N5O2/c33-23-6-8-24(9-7-23)38-31(43)41-15-11-25(12-16-41)37-30(42)21-3-10-28-26(17-21)27-19-40(14-13-29(27)39-28)18-20-1-4-22(5-2-20)32(34,35)36/h1-10,17,25,39H,11-16,18-19H2,(H,37,42)(H,38,43). The third-order valence-corrected chi connectivity index (χ3v) is 8.22. The number of carbonyl (C=O) groups excluding carboxylic acids is 2. The molecule has 0 bridgehead atoms. The van der Waals surface area contributed by atoms with E-state index in [0.717, 1.165) is 52.8 Å². The van der Waals surface area contributed by atoms with Crippen LogP contribution in [0.5, 0.6) is 0 Å². The number of halogens is 4. The van der Waals surface area contributed by atoms with Gasteiger partial charge in [0.25, 0.3) is 5.91 Å². The fourth-order valence-corrected chi connectivity index (χ4v) is 5.83. The number of benzene rings is 3. The van der Waals surface area contributed by atoms with Crippen molar-refractivity contribution in [3.8, 4) is 0 Å². The molecule has 3 heterocycles. The van der Waals surface area contributed by atoms with E-state index in [1.165, 1.54) is 36.4 Å². The number of anilines is 1. The fraction of sp³-hybridized carbons (Fsp3) is 0.312. The lowest BCUT2D eigenvalue weighted by atomic mass is 10.0. The molecule has 7 nitrogen and oxygen atoms in total. The molecule has 4 aromatic rings. The van der Waals surface area contributed by atoms with Crippen molar-refractivity contribution in [3.05, 3.63) is 100 Å². The molecule has 1 fully saturated rings. The normalized spacial score (nSPS) is 16.2. The van der Waals surface area contributed by atoms with Crippen LogP contribution in [0.4, 0.5) is 28.0 Å². The van der Waals surface area contributed by atoms with Gasteiger partial charge in [0.15, 0.2) is 0 Å². The maximum atomic E-state index is 13.2. The second-order valence-electron chi connectivity index (χ2n) is 11.2. The van der Waals surface area contributed by atoms with E-state index in [0.29, 0.717) is 50.3 Å². The molecule has 0 unspecified atom stereocenters. The quantitative estimate of drug-likeness (QED) is 0.237. The van der Waals surface area contributed by atoms with Gasteiger partial charge in [-0.05, 0) is 78.6 Å². The molecule has 3 amide bonds. The molecule has 11 heteroatoms. The third kappa shape index (κ3) is 6.51. The molecule has 1 saturated heterocycles. The van der Waals surface area contributed by atoms with Crippen molar-refractivity contribution >= 4 is 28.5 Å². The first-order valence-corrected chi connectivity index (χ1v) is 14.3. The van der Waals surface area contributed by atoms with Crippen molar-refractivity contribution in [1.82, 2.24) is 20.1 Å². The first-order valence-electron chi connectivity index (χ1n) is 14.3. The Kier molecular flexibility index (Phi) is 7.83. The molecule has 1 aromatic heterocycles. The number of aromatic amines is 1. The Hall–Kier alpha value is -4.38. The maximum absolute atomic E-state index is 13.2. The van der Waals surface area contributed by atoms with Gasteiger partial charge in [0.1, 0.15) is 5.82 Å². The molecule has 0 saturated carbocycles. The minimum absolute atomic E-state index is 0.0718. The number of hydrogen-bond acceptors (Lipinski definition) is 3. The molecule has 43 heavy (non-hydrogen) atoms. The highest BCUT2D eigenvalue weighted by Gasteiger charge is 2.30. The number of aromatic nitrogens is 1. The average Bonchev–Trinajstić information content (AvgIpc) is 3.36. The lowest BCUT2D eigenvalue weighted by Crippen LogP contribution is -2.47. The van der Waals surface area contributed by atoms with Crippen LogP contribution in [-0.2, 0) is 25.7 Å². The number of likely N-dealkylation sites (tertiary alicyclic amines) is 1. The Bertz CT molecular complexity index is 1620. The molecule has 0 atom stereocenters. The van der Waals surface area contributed by atoms with E-state index in [4.69, 9.17) is 0 Å². The van der Waals surface area contributed by atoms with Gasteiger partial charge in [-0.15, -0.1) is 0 Å². The topological polar surface area (TPSA) is 80.5 Å². The number of fused-ring (bicyclic) bond motifs is 3. The van der Waals surface area contributed by atoms with E-state index in [9.17, 15) is 27.2 Å². The maximum Gasteiger partial charge on any atom is 0.416 e. The largest absolute Gasteiger partial charge is 0.416 e. The van der Waals surface area contributed by atoms with Gasteiger partial charge in [-0.25, -0.2) is 9.18 Å². The van der Waals surface area contributed by atoms with Gasteiger partial charge >= 0.3 is 12.2 Å². The Morgan fingerprint density at radius 2 is 1.65 bits per heavy atom. The number of H-pyrrole nitrogens is 1. The molecule has 2 aliphatic rings. The predicted molar refractivity (Wildman–Crippen MR) is 155 cm³/mol. The van der Waals surface area contributed by atoms with Gasteiger partial charge in [0.05, 0.1) is 5.56 Å². The highest BCUT2D eigenvalue weighted by atomic mass is 19.4. The third-order valence-electron chi connectivity index (χ3n) is 8.22. The molecule has 224 valence electrons. The lowest BCUT2D eigenvalue weighted by molar-refractivity contribution is -0.137. The van der Waals surface area contributed by atoms with Crippen molar-refractivity contribution in [3.63, 3.8) is 0 Å². The number of nitrogens with zero attached hydrogens (tertiary/aromatic N) is 2. The molecule has 2 aliphatic heterocycles. The highest BCUT2D eigenvalue weighted by Crippen LogP contribution is 2.31. The fourth-order valence-electron chi connectivity index (χ4n) is 5.83. The zero-order valence-corrected chi connectivity index (χ0v) is 23.3. The van der Waals surface area contributed by atoms with Gasteiger partial charge in [-0.2, -0.15) is 13.2 Å². The molecule has 0 radical (unpaired) electrons. The first kappa shape index (κ1) is 28.7. The number of nitrogens with one attached hydrogen (secondary N) is 3. The van der Waals surface area contributed by atoms with Crippen LogP contribution < -0.4 is 10.6 Å². The van der Waals surface area contributed by atoms with Crippen LogP contribution >= 0.6 is 0 Å². The highest BCUT2D eigenvalue weighted by molar-refractivity contribution is 5.99. The van der Waals surface area contributed by atoms with Crippen molar-refractivity contribution in [2.75, 3.05) is 25.0 Å². The average molecular weight is 594 g/mol. The van der Waals surface area contributed by atoms with Crippen LogP contribution in [0.15, 0.2) is 66.7 Å². The van der Waals surface area contributed by atoms with Crippen LogP contribution in [-0.4, -0.2) is 52.4 Å². The second kappa shape index (κ2) is 11.7. The number of amides is 3. The Labute approximate surface area is 245 Å². The summed E-state index contributed by atoms with van der Waals surface area (Å²) < 4.78 is 51.9. The number of alkyl halides is 3. The Morgan fingerprint density at radius 3 is 2.35 bits per heavy atom. The molecular formula is C32H31F4N5O2. The van der Waals surface area contributed by atoms with Gasteiger partial charge in [-0.3, -0.25) is 9.69 Å². The zero-order valence-electron chi connectivity index (χ0n) is 23.3. The van der Waals surface area contributed by atoms with E-state index >= 15 is 0 Å². The number of hydrogen-bond donors (Lipinski definition) is 3. The smallest absolute Gasteiger partial charge is 0.358 e. The summed E-state index contributed by atoms with van der Waals surface area (Å²) in [5, 5.41) is 6.84. The SMILES string of the molecule is O=C(NC1CCN(C(=O)Nc2ccc(F)cc2)CC1)c1ccc2[nH]c3c(c2c1)CN(Cc1ccc(C(F)(F)F)cc1)CC3. The second-order valence-corrected chi connectivity index (χ2v) is 11.2. The van der Waals surface area contributed by atoms with Gasteiger partial charge in [0.2, 0.25) is 0 Å². The van der Waals surface area contributed by atoms with E-state index in [-0.39, 0.29) is 23.8 Å². The van der Waals surface area contributed by atoms with Gasteiger partial charge < -0.3 is 20.5 Å². The summed E-state index contributed by atoms with van der Waals surface area (Å²) in [6.45, 7) is 2.90. The van der Waals surface area contributed by atoms with Crippen molar-refractivity contribution in [2.45, 2.75) is 44.6 Å². The first-order chi connectivity index (χ1) is 20.6. The van der Waals surface area contributed by atoms with E-state index in [1.807, 2.05) is 12.1 Å². The minimum Gasteiger partial charge on any atom is -0.358 e.